The molecule has 0 fully saturated rings. The van der Waals surface area contributed by atoms with Crippen LogP contribution in [-0.4, -0.2) is 31.0 Å². The molecule has 102 valence electrons. The number of amides is 1. The summed E-state index contributed by atoms with van der Waals surface area (Å²) < 4.78 is 0. The van der Waals surface area contributed by atoms with Gasteiger partial charge in [0.05, 0.1) is 5.92 Å². The second-order valence-corrected chi connectivity index (χ2v) is 6.67. The standard InChI is InChI=1S/C13H28N2OS/c1-13(2,3)9-11(10-14)12(16)15-7-5-6-8-17-4/h11H,5-10,14H2,1-4H3,(H,15,16). The summed E-state index contributed by atoms with van der Waals surface area (Å²) in [7, 11) is 0. The summed E-state index contributed by atoms with van der Waals surface area (Å²) in [5.41, 5.74) is 5.82. The molecule has 1 amide bonds. The van der Waals surface area contributed by atoms with E-state index >= 15 is 0 Å². The highest BCUT2D eigenvalue weighted by Gasteiger charge is 2.23. The first-order valence-electron chi connectivity index (χ1n) is 6.37. The van der Waals surface area contributed by atoms with Crippen LogP contribution in [0.1, 0.15) is 40.0 Å². The molecule has 0 heterocycles. The molecule has 0 aliphatic heterocycles. The van der Waals surface area contributed by atoms with Crippen molar-refractivity contribution in [2.45, 2.75) is 40.0 Å². The largest absolute Gasteiger partial charge is 0.356 e. The van der Waals surface area contributed by atoms with Crippen LogP contribution >= 0.6 is 11.8 Å². The Labute approximate surface area is 110 Å². The second kappa shape index (κ2) is 8.81. The predicted molar refractivity (Wildman–Crippen MR) is 77.2 cm³/mol. The molecule has 0 bridgehead atoms. The molecule has 0 aliphatic rings. The Morgan fingerprint density at radius 3 is 2.47 bits per heavy atom. The Morgan fingerprint density at radius 2 is 2.00 bits per heavy atom. The summed E-state index contributed by atoms with van der Waals surface area (Å²) in [4.78, 5) is 11.9. The molecule has 0 spiro atoms. The molecule has 0 radical (unpaired) electrons. The van der Waals surface area contributed by atoms with Crippen molar-refractivity contribution in [3.8, 4) is 0 Å². The lowest BCUT2D eigenvalue weighted by Crippen LogP contribution is -2.37. The van der Waals surface area contributed by atoms with Crippen molar-refractivity contribution in [1.29, 1.82) is 0 Å². The first-order chi connectivity index (χ1) is 7.90. The van der Waals surface area contributed by atoms with E-state index in [0.29, 0.717) is 6.54 Å². The monoisotopic (exact) mass is 260 g/mol. The van der Waals surface area contributed by atoms with Crippen molar-refractivity contribution in [2.24, 2.45) is 17.1 Å². The van der Waals surface area contributed by atoms with Gasteiger partial charge in [-0.25, -0.2) is 0 Å². The van der Waals surface area contributed by atoms with Crippen molar-refractivity contribution in [3.63, 3.8) is 0 Å². The molecule has 3 N–H and O–H groups in total. The number of carbonyl (C=O) groups excluding carboxylic acids is 1. The number of nitrogens with two attached hydrogens (primary N) is 1. The zero-order valence-corrected chi connectivity index (χ0v) is 12.5. The van der Waals surface area contributed by atoms with Crippen LogP contribution in [0.15, 0.2) is 0 Å². The maximum absolute atomic E-state index is 11.9. The van der Waals surface area contributed by atoms with Gasteiger partial charge < -0.3 is 11.1 Å². The number of thioether (sulfide) groups is 1. The third-order valence-corrected chi connectivity index (χ3v) is 3.29. The third-order valence-electron chi connectivity index (χ3n) is 2.59. The van der Waals surface area contributed by atoms with E-state index in [-0.39, 0.29) is 17.2 Å². The predicted octanol–water partition coefficient (Wildman–Crippen LogP) is 2.26. The van der Waals surface area contributed by atoms with Gasteiger partial charge in [-0.1, -0.05) is 20.8 Å². The van der Waals surface area contributed by atoms with Crippen molar-refractivity contribution in [3.05, 3.63) is 0 Å². The average Bonchev–Trinajstić information content (AvgIpc) is 2.24. The van der Waals surface area contributed by atoms with E-state index in [9.17, 15) is 4.79 Å². The van der Waals surface area contributed by atoms with Gasteiger partial charge in [-0.3, -0.25) is 4.79 Å². The molecular weight excluding hydrogens is 232 g/mol. The topological polar surface area (TPSA) is 55.1 Å². The van der Waals surface area contributed by atoms with Crippen molar-refractivity contribution >= 4 is 17.7 Å². The second-order valence-electron chi connectivity index (χ2n) is 5.69. The Hall–Kier alpha value is -0.220. The first kappa shape index (κ1) is 16.8. The van der Waals surface area contributed by atoms with Crippen LogP contribution in [0.5, 0.6) is 0 Å². The molecule has 17 heavy (non-hydrogen) atoms. The highest BCUT2D eigenvalue weighted by atomic mass is 32.2. The van der Waals surface area contributed by atoms with Crippen LogP contribution in [0.2, 0.25) is 0 Å². The van der Waals surface area contributed by atoms with Crippen LogP contribution in [0, 0.1) is 11.3 Å². The quantitative estimate of drug-likeness (QED) is 0.658. The molecule has 0 saturated carbocycles. The van der Waals surface area contributed by atoms with Crippen LogP contribution in [0.4, 0.5) is 0 Å². The van der Waals surface area contributed by atoms with E-state index in [1.54, 1.807) is 0 Å². The molecule has 0 aliphatic carbocycles. The lowest BCUT2D eigenvalue weighted by Gasteiger charge is -2.24. The van der Waals surface area contributed by atoms with E-state index in [1.165, 1.54) is 0 Å². The molecule has 0 aromatic heterocycles. The van der Waals surface area contributed by atoms with Crippen molar-refractivity contribution in [1.82, 2.24) is 5.32 Å². The van der Waals surface area contributed by atoms with E-state index in [0.717, 1.165) is 31.6 Å². The van der Waals surface area contributed by atoms with E-state index in [4.69, 9.17) is 5.73 Å². The number of carbonyl (C=O) groups is 1. The molecule has 1 atom stereocenters. The van der Waals surface area contributed by atoms with Gasteiger partial charge in [0, 0.05) is 13.1 Å². The van der Waals surface area contributed by atoms with Gasteiger partial charge in [-0.05, 0) is 36.7 Å². The van der Waals surface area contributed by atoms with Gasteiger partial charge in [0.25, 0.3) is 0 Å². The molecule has 0 aromatic rings. The summed E-state index contributed by atoms with van der Waals surface area (Å²) in [6, 6.07) is 0. The fraction of sp³-hybridized carbons (Fsp3) is 0.923. The summed E-state index contributed by atoms with van der Waals surface area (Å²) in [6.45, 7) is 7.64. The summed E-state index contributed by atoms with van der Waals surface area (Å²) in [5, 5.41) is 2.99. The van der Waals surface area contributed by atoms with Gasteiger partial charge in [0.1, 0.15) is 0 Å². The van der Waals surface area contributed by atoms with Crippen LogP contribution in [-0.2, 0) is 4.79 Å². The van der Waals surface area contributed by atoms with Gasteiger partial charge in [-0.2, -0.15) is 11.8 Å². The van der Waals surface area contributed by atoms with Crippen LogP contribution in [0.3, 0.4) is 0 Å². The summed E-state index contributed by atoms with van der Waals surface area (Å²) in [5.74, 6) is 1.24. The lowest BCUT2D eigenvalue weighted by molar-refractivity contribution is -0.125. The Bertz CT molecular complexity index is 214. The molecule has 0 rings (SSSR count). The fourth-order valence-corrected chi connectivity index (χ4v) is 2.24. The molecule has 0 saturated heterocycles. The zero-order valence-electron chi connectivity index (χ0n) is 11.7. The normalized spacial score (nSPS) is 13.5. The Balaban J connectivity index is 3.85. The van der Waals surface area contributed by atoms with Gasteiger partial charge >= 0.3 is 0 Å². The SMILES string of the molecule is CSCCCCNC(=O)C(CN)CC(C)(C)C. The van der Waals surface area contributed by atoms with Gasteiger partial charge in [0.15, 0.2) is 0 Å². The zero-order chi connectivity index (χ0) is 13.3. The molecule has 1 unspecified atom stereocenters. The highest BCUT2D eigenvalue weighted by Crippen LogP contribution is 2.23. The van der Waals surface area contributed by atoms with Crippen LogP contribution < -0.4 is 11.1 Å². The Kier molecular flexibility index (Phi) is 8.70. The van der Waals surface area contributed by atoms with E-state index in [2.05, 4.69) is 32.3 Å². The molecule has 4 heteroatoms. The third kappa shape index (κ3) is 9.48. The first-order valence-corrected chi connectivity index (χ1v) is 7.77. The maximum atomic E-state index is 11.9. The molecular formula is C13H28N2OS. The highest BCUT2D eigenvalue weighted by molar-refractivity contribution is 7.98. The van der Waals surface area contributed by atoms with E-state index < -0.39 is 0 Å². The fourth-order valence-electron chi connectivity index (χ4n) is 1.75. The van der Waals surface area contributed by atoms with Crippen LogP contribution in [0.25, 0.3) is 0 Å². The number of unbranched alkanes of at least 4 members (excludes halogenated alkanes) is 1. The number of rotatable bonds is 8. The molecule has 0 aromatic carbocycles. The summed E-state index contributed by atoms with van der Waals surface area (Å²) in [6.07, 6.45) is 5.17. The number of hydrogen-bond donors (Lipinski definition) is 2. The van der Waals surface area contributed by atoms with Crippen molar-refractivity contribution < 1.29 is 4.79 Å². The van der Waals surface area contributed by atoms with Gasteiger partial charge in [-0.15, -0.1) is 0 Å². The minimum atomic E-state index is -0.0458. The minimum Gasteiger partial charge on any atom is -0.356 e. The van der Waals surface area contributed by atoms with E-state index in [1.807, 2.05) is 11.8 Å². The smallest absolute Gasteiger partial charge is 0.224 e. The number of hydrogen-bond acceptors (Lipinski definition) is 3. The lowest BCUT2D eigenvalue weighted by atomic mass is 9.84. The molecule has 3 nitrogen and oxygen atoms in total. The van der Waals surface area contributed by atoms with Crippen molar-refractivity contribution in [2.75, 3.05) is 25.1 Å². The summed E-state index contributed by atoms with van der Waals surface area (Å²) >= 11 is 1.85. The minimum absolute atomic E-state index is 0.0458. The Morgan fingerprint density at radius 1 is 1.35 bits per heavy atom. The maximum Gasteiger partial charge on any atom is 0.224 e. The van der Waals surface area contributed by atoms with Gasteiger partial charge in [0.2, 0.25) is 5.91 Å². The average molecular weight is 260 g/mol. The number of nitrogens with one attached hydrogen (secondary N) is 1.